The second-order valence-electron chi connectivity index (χ2n) is 3.23. The molecule has 0 aromatic carbocycles. The normalized spacial score (nSPS) is 10.1. The Labute approximate surface area is 101 Å². The van der Waals surface area contributed by atoms with Gasteiger partial charge >= 0.3 is 0 Å². The highest BCUT2D eigenvalue weighted by Gasteiger charge is 2.07. The average Bonchev–Trinajstić information content (AvgIpc) is 2.68. The summed E-state index contributed by atoms with van der Waals surface area (Å²) >= 11 is 3.22. The third-order valence-corrected chi connectivity index (χ3v) is 2.42. The number of carbonyl (C=O) groups is 1. The number of rotatable bonds is 2. The predicted molar refractivity (Wildman–Crippen MR) is 63.1 cm³/mol. The molecule has 2 rings (SSSR count). The highest BCUT2D eigenvalue weighted by molar-refractivity contribution is 9.10. The lowest BCUT2D eigenvalue weighted by molar-refractivity contribution is 0.102. The Kier molecular flexibility index (Phi) is 3.00. The van der Waals surface area contributed by atoms with Gasteiger partial charge in [0.1, 0.15) is 4.60 Å². The van der Waals surface area contributed by atoms with Crippen molar-refractivity contribution in [3.05, 3.63) is 40.9 Å². The van der Waals surface area contributed by atoms with Crippen LogP contribution in [0.5, 0.6) is 0 Å². The molecule has 1 amide bonds. The standard InChI is InChI=1S/C10H9BrN4O/c1-15-6-7(4-13-15)10(16)14-8-2-3-9(11)12-5-8/h2-6H,1H3,(H,14,16). The fourth-order valence-electron chi connectivity index (χ4n) is 1.19. The van der Waals surface area contributed by atoms with E-state index in [0.717, 1.165) is 4.60 Å². The van der Waals surface area contributed by atoms with Crippen LogP contribution in [0, 0.1) is 0 Å². The molecule has 0 aliphatic carbocycles. The van der Waals surface area contributed by atoms with Crippen molar-refractivity contribution in [3.8, 4) is 0 Å². The summed E-state index contributed by atoms with van der Waals surface area (Å²) in [5.74, 6) is -0.197. The SMILES string of the molecule is Cn1cc(C(=O)Nc2ccc(Br)nc2)cn1. The van der Waals surface area contributed by atoms with Gasteiger partial charge in [0.15, 0.2) is 0 Å². The van der Waals surface area contributed by atoms with Gasteiger partial charge in [-0.1, -0.05) is 0 Å². The summed E-state index contributed by atoms with van der Waals surface area (Å²) in [6.07, 6.45) is 4.75. The maximum Gasteiger partial charge on any atom is 0.258 e. The summed E-state index contributed by atoms with van der Waals surface area (Å²) in [7, 11) is 1.76. The lowest BCUT2D eigenvalue weighted by Crippen LogP contribution is -2.11. The Morgan fingerprint density at radius 3 is 2.81 bits per heavy atom. The molecule has 0 radical (unpaired) electrons. The zero-order valence-electron chi connectivity index (χ0n) is 8.51. The molecular formula is C10H9BrN4O. The summed E-state index contributed by atoms with van der Waals surface area (Å²) in [4.78, 5) is 15.7. The fraction of sp³-hybridized carbons (Fsp3) is 0.100. The van der Waals surface area contributed by atoms with E-state index in [-0.39, 0.29) is 5.91 Å². The molecule has 2 heterocycles. The minimum absolute atomic E-state index is 0.197. The molecule has 0 saturated carbocycles. The van der Waals surface area contributed by atoms with E-state index in [2.05, 4.69) is 31.3 Å². The molecule has 16 heavy (non-hydrogen) atoms. The molecule has 0 atom stereocenters. The number of halogens is 1. The number of amides is 1. The van der Waals surface area contributed by atoms with Crippen LogP contribution < -0.4 is 5.32 Å². The third kappa shape index (κ3) is 2.46. The van der Waals surface area contributed by atoms with Gasteiger partial charge in [0.2, 0.25) is 0 Å². The van der Waals surface area contributed by atoms with Gasteiger partial charge in [-0.05, 0) is 28.1 Å². The van der Waals surface area contributed by atoms with Crippen molar-refractivity contribution in [2.24, 2.45) is 7.05 Å². The molecule has 5 nitrogen and oxygen atoms in total. The molecule has 0 saturated heterocycles. The van der Waals surface area contributed by atoms with Crippen molar-refractivity contribution in [1.29, 1.82) is 0 Å². The van der Waals surface area contributed by atoms with Crippen LogP contribution in [0.4, 0.5) is 5.69 Å². The highest BCUT2D eigenvalue weighted by Crippen LogP contribution is 2.11. The number of nitrogens with zero attached hydrogens (tertiary/aromatic N) is 3. The number of anilines is 1. The quantitative estimate of drug-likeness (QED) is 0.854. The second-order valence-corrected chi connectivity index (χ2v) is 4.04. The molecule has 2 aromatic heterocycles. The predicted octanol–water partition coefficient (Wildman–Crippen LogP) is 1.83. The second kappa shape index (κ2) is 4.44. The van der Waals surface area contributed by atoms with Crippen LogP contribution >= 0.6 is 15.9 Å². The third-order valence-electron chi connectivity index (χ3n) is 1.95. The summed E-state index contributed by atoms with van der Waals surface area (Å²) in [6, 6.07) is 3.53. The Morgan fingerprint density at radius 2 is 2.25 bits per heavy atom. The van der Waals surface area contributed by atoms with Gasteiger partial charge in [0, 0.05) is 13.2 Å². The average molecular weight is 281 g/mol. The molecule has 0 fully saturated rings. The Bertz CT molecular complexity index is 506. The summed E-state index contributed by atoms with van der Waals surface area (Å²) in [5, 5.41) is 6.65. The first-order chi connectivity index (χ1) is 7.65. The first-order valence-electron chi connectivity index (χ1n) is 4.57. The van der Waals surface area contributed by atoms with Crippen molar-refractivity contribution in [2.45, 2.75) is 0 Å². The summed E-state index contributed by atoms with van der Waals surface area (Å²) in [5.41, 5.74) is 1.17. The molecule has 6 heteroatoms. The minimum atomic E-state index is -0.197. The maximum atomic E-state index is 11.7. The minimum Gasteiger partial charge on any atom is -0.320 e. The molecule has 1 N–H and O–H groups in total. The number of hydrogen-bond acceptors (Lipinski definition) is 3. The van der Waals surface area contributed by atoms with Crippen molar-refractivity contribution >= 4 is 27.5 Å². The van der Waals surface area contributed by atoms with Gasteiger partial charge in [-0.25, -0.2) is 4.98 Å². The molecule has 0 bridgehead atoms. The molecule has 0 aliphatic heterocycles. The van der Waals surface area contributed by atoms with E-state index in [9.17, 15) is 4.79 Å². The van der Waals surface area contributed by atoms with Crippen molar-refractivity contribution in [3.63, 3.8) is 0 Å². The summed E-state index contributed by atoms with van der Waals surface area (Å²) < 4.78 is 2.31. The number of nitrogens with one attached hydrogen (secondary N) is 1. The van der Waals surface area contributed by atoms with Crippen molar-refractivity contribution < 1.29 is 4.79 Å². The first-order valence-corrected chi connectivity index (χ1v) is 5.36. The molecule has 0 unspecified atom stereocenters. The van der Waals surface area contributed by atoms with Crippen molar-refractivity contribution in [2.75, 3.05) is 5.32 Å². The lowest BCUT2D eigenvalue weighted by atomic mass is 10.3. The molecule has 0 spiro atoms. The smallest absolute Gasteiger partial charge is 0.258 e. The van der Waals surface area contributed by atoms with Gasteiger partial charge in [-0.3, -0.25) is 9.48 Å². The molecular weight excluding hydrogens is 272 g/mol. The first kappa shape index (κ1) is 10.8. The number of aromatic nitrogens is 3. The fourth-order valence-corrected chi connectivity index (χ4v) is 1.43. The number of hydrogen-bond donors (Lipinski definition) is 1. The van der Waals surface area contributed by atoms with E-state index >= 15 is 0 Å². The van der Waals surface area contributed by atoms with Crippen LogP contribution in [0.25, 0.3) is 0 Å². The topological polar surface area (TPSA) is 59.8 Å². The number of aryl methyl sites for hydroxylation is 1. The van der Waals surface area contributed by atoms with Crippen LogP contribution in [0.1, 0.15) is 10.4 Å². The Balaban J connectivity index is 2.10. The van der Waals surface area contributed by atoms with E-state index in [1.807, 2.05) is 0 Å². The summed E-state index contributed by atoms with van der Waals surface area (Å²) in [6.45, 7) is 0. The molecule has 2 aromatic rings. The van der Waals surface area contributed by atoms with Crippen LogP contribution in [-0.4, -0.2) is 20.7 Å². The number of carbonyl (C=O) groups excluding carboxylic acids is 1. The van der Waals surface area contributed by atoms with Gasteiger partial charge in [0.05, 0.1) is 23.6 Å². The zero-order chi connectivity index (χ0) is 11.5. The highest BCUT2D eigenvalue weighted by atomic mass is 79.9. The van der Waals surface area contributed by atoms with Crippen LogP contribution in [0.3, 0.4) is 0 Å². The van der Waals surface area contributed by atoms with Crippen LogP contribution in [-0.2, 0) is 7.05 Å². The molecule has 82 valence electrons. The maximum absolute atomic E-state index is 11.7. The van der Waals surface area contributed by atoms with Crippen molar-refractivity contribution in [1.82, 2.24) is 14.8 Å². The van der Waals surface area contributed by atoms with Gasteiger partial charge in [-0.2, -0.15) is 5.10 Å². The number of pyridine rings is 1. The monoisotopic (exact) mass is 280 g/mol. The van der Waals surface area contributed by atoms with E-state index < -0.39 is 0 Å². The zero-order valence-corrected chi connectivity index (χ0v) is 10.1. The largest absolute Gasteiger partial charge is 0.320 e. The van der Waals surface area contributed by atoms with E-state index in [1.165, 1.54) is 6.20 Å². The van der Waals surface area contributed by atoms with Crippen LogP contribution in [0.2, 0.25) is 0 Å². The van der Waals surface area contributed by atoms with Gasteiger partial charge < -0.3 is 5.32 Å². The van der Waals surface area contributed by atoms with Gasteiger partial charge in [0.25, 0.3) is 5.91 Å². The van der Waals surface area contributed by atoms with Gasteiger partial charge in [-0.15, -0.1) is 0 Å². The molecule has 0 aliphatic rings. The Hall–Kier alpha value is -1.69. The van der Waals surface area contributed by atoms with E-state index in [1.54, 1.807) is 36.3 Å². The Morgan fingerprint density at radius 1 is 1.44 bits per heavy atom. The van der Waals surface area contributed by atoms with Crippen LogP contribution in [0.15, 0.2) is 35.3 Å². The van der Waals surface area contributed by atoms with E-state index in [4.69, 9.17) is 0 Å². The van der Waals surface area contributed by atoms with E-state index in [0.29, 0.717) is 11.3 Å². The lowest BCUT2D eigenvalue weighted by Gasteiger charge is -2.02.